The van der Waals surface area contributed by atoms with Crippen LogP contribution in [0.5, 0.6) is 0 Å². The van der Waals surface area contributed by atoms with Crippen LogP contribution in [0.3, 0.4) is 0 Å². The number of aromatic carboxylic acids is 3. The van der Waals surface area contributed by atoms with Crippen LogP contribution in [0.4, 0.5) is 13.2 Å². The molecule has 6 aromatic heterocycles. The summed E-state index contributed by atoms with van der Waals surface area (Å²) in [6.07, 6.45) is 1.54. The number of pyridine rings is 4. The van der Waals surface area contributed by atoms with Gasteiger partial charge in [0, 0.05) is 29.0 Å². The van der Waals surface area contributed by atoms with Crippen molar-refractivity contribution in [2.24, 2.45) is 0 Å². The van der Waals surface area contributed by atoms with Crippen LogP contribution < -0.4 is 5.10 Å². The van der Waals surface area contributed by atoms with E-state index in [2.05, 4.69) is 47.3 Å². The van der Waals surface area contributed by atoms with Gasteiger partial charge in [-0.1, -0.05) is 12.2 Å². The second-order valence-corrected chi connectivity index (χ2v) is 12.1. The third-order valence-corrected chi connectivity index (χ3v) is 8.59. The second-order valence-electron chi connectivity index (χ2n) is 9.70. The molecule has 0 aliphatic heterocycles. The van der Waals surface area contributed by atoms with Crippen molar-refractivity contribution < 1.29 is 62.4 Å². The maximum Gasteiger partial charge on any atom is 2.00 e. The summed E-state index contributed by atoms with van der Waals surface area (Å²) >= 11 is 6.98. The van der Waals surface area contributed by atoms with Crippen LogP contribution in [0.1, 0.15) is 36.9 Å². The summed E-state index contributed by atoms with van der Waals surface area (Å²) in [6.45, 7) is 0. The van der Waals surface area contributed by atoms with Crippen LogP contribution in [0.2, 0.25) is 0 Å². The van der Waals surface area contributed by atoms with Crippen LogP contribution in [-0.2, 0) is 25.7 Å². The van der Waals surface area contributed by atoms with E-state index >= 15 is 0 Å². The number of thiophene rings is 1. The predicted molar refractivity (Wildman–Crippen MR) is 186 cm³/mol. The first-order chi connectivity index (χ1) is 24.7. The average molecular weight is 866 g/mol. The molecule has 0 radical (unpaired) electrons. The molecule has 0 fully saturated rings. The van der Waals surface area contributed by atoms with E-state index < -0.39 is 29.9 Å². The van der Waals surface area contributed by atoms with Gasteiger partial charge in [0.1, 0.15) is 5.82 Å². The van der Waals surface area contributed by atoms with Crippen LogP contribution in [0, 0.1) is 0 Å². The molecule has 3 N–H and O–H groups in total. The Morgan fingerprint density at radius 1 is 0.792 bits per heavy atom. The van der Waals surface area contributed by atoms with Crippen LogP contribution in [0.15, 0.2) is 83.5 Å². The van der Waals surface area contributed by atoms with Crippen molar-refractivity contribution in [2.75, 3.05) is 6.26 Å². The van der Waals surface area contributed by atoms with Crippen LogP contribution in [-0.4, -0.2) is 74.7 Å². The molecule has 0 unspecified atom stereocenters. The van der Waals surface area contributed by atoms with E-state index in [0.717, 1.165) is 10.4 Å². The molecule has 6 heterocycles. The fraction of sp³-hybridized carbons (Fsp3) is 0.0625. The minimum atomic E-state index is -4.60. The standard InChI is InChI=1S/C18H11N3O6.C13H8F3N4S2.CNS.Ru/c22-16(23)9-1-3-19-12(5-9)14-7-11(18(26)27)8-15(21-14)13-6-10(17(24)25)2-4-20-13;1-21-10-5-4-9(22-10)7-2-3-8(17-6-7)11-18-12(20-19-11)13(14,15)16;2-1-3;/h1-8H,(H,22,23)(H,24,25)(H,26,27);2-6H,1H3;;/q;2*-1;+2. The zero-order valence-corrected chi connectivity index (χ0v) is 30.5. The van der Waals surface area contributed by atoms with Gasteiger partial charge in [-0.25, -0.2) is 19.4 Å². The Morgan fingerprint density at radius 2 is 1.32 bits per heavy atom. The van der Waals surface area contributed by atoms with E-state index in [9.17, 15) is 32.7 Å². The number of carboxylic acid groups (broad SMARTS) is 3. The number of rotatable bonds is 8. The maximum absolute atomic E-state index is 12.5. The smallest absolute Gasteiger partial charge is 0.753 e. The normalized spacial score (nSPS) is 10.3. The summed E-state index contributed by atoms with van der Waals surface area (Å²) in [5, 5.41) is 42.5. The van der Waals surface area contributed by atoms with E-state index in [-0.39, 0.29) is 70.5 Å². The van der Waals surface area contributed by atoms with Crippen molar-refractivity contribution >= 4 is 58.4 Å². The first-order valence-electron chi connectivity index (χ1n) is 13.9. The zero-order chi connectivity index (χ0) is 38.0. The number of thiocarbonyl (C=S) groups is 1. The minimum Gasteiger partial charge on any atom is -0.753 e. The molecular formula is C32H19F3N8O6RuS3. The molecule has 0 amide bonds. The van der Waals surface area contributed by atoms with Crippen molar-refractivity contribution in [3.05, 3.63) is 107 Å². The average Bonchev–Trinajstić information content (AvgIpc) is 3.84. The van der Waals surface area contributed by atoms with Gasteiger partial charge < -0.3 is 30.8 Å². The van der Waals surface area contributed by atoms with Gasteiger partial charge in [0.15, 0.2) is 0 Å². The number of hydrogen-bond acceptors (Lipinski definition) is 12. The zero-order valence-electron chi connectivity index (χ0n) is 26.4. The van der Waals surface area contributed by atoms with Crippen LogP contribution >= 0.6 is 35.3 Å². The number of thioether (sulfide) groups is 1. The van der Waals surface area contributed by atoms with Gasteiger partial charge in [-0.2, -0.15) is 18.3 Å². The van der Waals surface area contributed by atoms with Crippen molar-refractivity contribution in [3.63, 3.8) is 0 Å². The number of aromatic nitrogens is 7. The Kier molecular flexibility index (Phi) is 14.8. The largest absolute Gasteiger partial charge is 2.00 e. The van der Waals surface area contributed by atoms with Gasteiger partial charge in [0.05, 0.1) is 49.4 Å². The van der Waals surface area contributed by atoms with Crippen molar-refractivity contribution in [1.29, 1.82) is 0 Å². The van der Waals surface area contributed by atoms with Gasteiger partial charge in [-0.3, -0.25) is 20.1 Å². The molecule has 53 heavy (non-hydrogen) atoms. The Labute approximate surface area is 322 Å². The van der Waals surface area contributed by atoms with E-state index in [1.165, 1.54) is 58.2 Å². The number of hydrogen-bond donors (Lipinski definition) is 3. The van der Waals surface area contributed by atoms with E-state index in [4.69, 9.17) is 15.6 Å². The summed E-state index contributed by atoms with van der Waals surface area (Å²) in [6, 6.07) is 15.0. The fourth-order valence-electron chi connectivity index (χ4n) is 4.05. The molecule has 21 heteroatoms. The molecule has 0 bridgehead atoms. The molecule has 0 atom stereocenters. The van der Waals surface area contributed by atoms with Gasteiger partial charge in [0.25, 0.3) is 0 Å². The molecule has 0 aliphatic rings. The molecule has 0 saturated heterocycles. The Morgan fingerprint density at radius 3 is 1.74 bits per heavy atom. The molecule has 6 aromatic rings. The minimum absolute atomic E-state index is 0. The summed E-state index contributed by atoms with van der Waals surface area (Å²) < 4.78 is 38.5. The third kappa shape index (κ3) is 11.2. The Bertz CT molecular complexity index is 2210. The first-order valence-corrected chi connectivity index (χ1v) is 16.4. The van der Waals surface area contributed by atoms with E-state index in [1.807, 2.05) is 18.4 Å². The van der Waals surface area contributed by atoms with Gasteiger partial charge in [-0.05, 0) is 72.7 Å². The third-order valence-electron chi connectivity index (χ3n) is 6.38. The molecule has 0 saturated carbocycles. The first kappa shape index (κ1) is 41.8. The summed E-state index contributed by atoms with van der Waals surface area (Å²) in [4.78, 5) is 54.6. The maximum atomic E-state index is 12.5. The predicted octanol–water partition coefficient (Wildman–Crippen LogP) is 6.92. The fourth-order valence-corrected chi connectivity index (χ4v) is 5.58. The van der Waals surface area contributed by atoms with Gasteiger partial charge in [-0.15, -0.1) is 23.1 Å². The molecule has 0 aromatic carbocycles. The number of isothiocyanates is 1. The number of carbonyl (C=O) groups is 3. The molecule has 0 aliphatic carbocycles. The number of nitrogens with zero attached hydrogens (tertiary/aromatic N) is 8. The second kappa shape index (κ2) is 18.8. The molecular weight excluding hydrogens is 847 g/mol. The number of alkyl halides is 3. The van der Waals surface area contributed by atoms with Crippen molar-refractivity contribution in [2.45, 2.75) is 10.4 Å². The quantitative estimate of drug-likeness (QED) is 0.0611. The summed E-state index contributed by atoms with van der Waals surface area (Å²) in [5.74, 6) is -4.94. The van der Waals surface area contributed by atoms with Gasteiger partial charge >= 0.3 is 43.6 Å². The van der Waals surface area contributed by atoms with Crippen LogP contribution in [0.25, 0.3) is 50.1 Å². The molecule has 0 spiro atoms. The summed E-state index contributed by atoms with van der Waals surface area (Å²) in [7, 11) is 0. The van der Waals surface area contributed by atoms with Crippen molar-refractivity contribution in [1.82, 2.24) is 35.1 Å². The molecule has 6 rings (SSSR count). The number of halogens is 3. The monoisotopic (exact) mass is 866 g/mol. The molecule has 14 nitrogen and oxygen atoms in total. The SMILES string of the molecule is CSc1ccc(-c2ccc(-c3nc(C(F)(F)F)n[n-]3)nc2)s1.O=C(O)c1ccnc(-c2cc(C(=O)O)cc(-c3cc(C(=O)O)ccn3)n2)c1.[N-]=C=S.[Ru+2]. The van der Waals surface area contributed by atoms with E-state index in [1.54, 1.807) is 41.4 Å². The molecule has 270 valence electrons. The van der Waals surface area contributed by atoms with Crippen molar-refractivity contribution in [3.8, 4) is 44.7 Å². The Hall–Kier alpha value is -5.59. The Balaban J connectivity index is 0.000000265. The topological polar surface area (TPSA) is 226 Å². The summed E-state index contributed by atoms with van der Waals surface area (Å²) in [5.41, 5.74) is 1.52. The number of carboxylic acids is 3. The van der Waals surface area contributed by atoms with Gasteiger partial charge in [0.2, 0.25) is 0 Å². The van der Waals surface area contributed by atoms with E-state index in [0.29, 0.717) is 0 Å².